The molecule has 1 aromatic heterocycles. The highest BCUT2D eigenvalue weighted by atomic mass is 16.1. The molecule has 3 nitrogen and oxygen atoms in total. The van der Waals surface area contributed by atoms with Gasteiger partial charge >= 0.3 is 0 Å². The van der Waals surface area contributed by atoms with Gasteiger partial charge in [-0.2, -0.15) is 4.99 Å². The Balaban J connectivity index is 0.000000921. The van der Waals surface area contributed by atoms with Crippen molar-refractivity contribution in [3.05, 3.63) is 47.5 Å². The second-order valence-corrected chi connectivity index (χ2v) is 4.06. The highest BCUT2D eigenvalue weighted by Gasteiger charge is 1.98. The summed E-state index contributed by atoms with van der Waals surface area (Å²) in [6, 6.07) is 11.8. The van der Waals surface area contributed by atoms with Gasteiger partial charge in [0.05, 0.1) is 5.52 Å². The number of aromatic nitrogens is 1. The zero-order valence-electron chi connectivity index (χ0n) is 13.9. The maximum absolute atomic E-state index is 10.5. The van der Waals surface area contributed by atoms with Crippen LogP contribution in [0.4, 0.5) is 0 Å². The number of nitrogens with zero attached hydrogens (tertiary/aromatic N) is 2. The largest absolute Gasteiger partial charge is 0.301 e. The van der Waals surface area contributed by atoms with E-state index in [1.165, 1.54) is 0 Å². The van der Waals surface area contributed by atoms with Crippen molar-refractivity contribution in [1.29, 1.82) is 0 Å². The number of carbonyl (C=O) groups is 1. The Morgan fingerprint density at radius 3 is 2.19 bits per heavy atom. The smallest absolute Gasteiger partial charge is 0.234 e. The molecule has 0 spiro atoms. The van der Waals surface area contributed by atoms with Gasteiger partial charge in [-0.1, -0.05) is 51.5 Å². The summed E-state index contributed by atoms with van der Waals surface area (Å²) >= 11 is 0. The van der Waals surface area contributed by atoms with Gasteiger partial charge in [0.15, 0.2) is 0 Å². The van der Waals surface area contributed by atoms with E-state index in [0.717, 1.165) is 16.5 Å². The monoisotopic (exact) mass is 286 g/mol. The van der Waals surface area contributed by atoms with Crippen LogP contribution in [-0.4, -0.2) is 11.0 Å². The molecular weight excluding hydrogens is 260 g/mol. The van der Waals surface area contributed by atoms with E-state index in [-0.39, 0.29) is 0 Å². The quantitative estimate of drug-likeness (QED) is 0.741. The van der Waals surface area contributed by atoms with Crippen molar-refractivity contribution in [1.82, 2.24) is 4.57 Å². The summed E-state index contributed by atoms with van der Waals surface area (Å²) in [4.78, 5) is 14.4. The van der Waals surface area contributed by atoms with E-state index in [1.54, 1.807) is 0 Å². The molecule has 0 saturated carbocycles. The van der Waals surface area contributed by atoms with Crippen LogP contribution in [0.15, 0.2) is 47.0 Å². The van der Waals surface area contributed by atoms with Gasteiger partial charge in [-0.25, -0.2) is 0 Å². The molecule has 0 radical (unpaired) electrons. The topological polar surface area (TPSA) is 34.4 Å². The van der Waals surface area contributed by atoms with Crippen LogP contribution in [0.1, 0.15) is 41.5 Å². The molecule has 0 aliphatic heterocycles. The first-order chi connectivity index (χ1) is 10.2. The van der Waals surface area contributed by atoms with Crippen molar-refractivity contribution in [2.75, 3.05) is 0 Å². The zero-order valence-corrected chi connectivity index (χ0v) is 13.9. The third kappa shape index (κ3) is 5.38. The number of amides is 1. The van der Waals surface area contributed by atoms with Crippen LogP contribution in [0.2, 0.25) is 0 Å². The molecule has 0 aliphatic carbocycles. The predicted octanol–water partition coefficient (Wildman–Crippen LogP) is 4.63. The lowest BCUT2D eigenvalue weighted by Gasteiger charge is -2.07. The fourth-order valence-electron chi connectivity index (χ4n) is 1.77. The third-order valence-electron chi connectivity index (χ3n) is 2.43. The number of benzene rings is 1. The number of hydrogen-bond donors (Lipinski definition) is 0. The molecule has 1 amide bonds. The number of rotatable bonds is 2. The summed E-state index contributed by atoms with van der Waals surface area (Å²) in [5.41, 5.74) is 2.82. The highest BCUT2D eigenvalue weighted by Crippen LogP contribution is 2.11. The van der Waals surface area contributed by atoms with Gasteiger partial charge in [0, 0.05) is 6.20 Å². The molecular formula is C18H26N2O. The van der Waals surface area contributed by atoms with E-state index in [9.17, 15) is 4.79 Å². The first kappa shape index (κ1) is 18.8. The summed E-state index contributed by atoms with van der Waals surface area (Å²) in [6.07, 6.45) is 2.55. The molecule has 0 fully saturated rings. The molecule has 1 aromatic carbocycles. The summed E-state index contributed by atoms with van der Waals surface area (Å²) in [5, 5.41) is 1.12. The normalized spacial score (nSPS) is 9.90. The average molecular weight is 286 g/mol. The van der Waals surface area contributed by atoms with Gasteiger partial charge < -0.3 is 4.57 Å². The SMILES string of the molecule is CC.CC.CC(C)=Cn1c(=NC=O)ccc2ccccc21. The third-order valence-corrected chi connectivity index (χ3v) is 2.43. The Morgan fingerprint density at radius 2 is 1.62 bits per heavy atom. The number of pyridine rings is 1. The van der Waals surface area contributed by atoms with E-state index >= 15 is 0 Å². The fourth-order valence-corrected chi connectivity index (χ4v) is 1.77. The van der Waals surface area contributed by atoms with Crippen molar-refractivity contribution in [3.8, 4) is 0 Å². The number of fused-ring (bicyclic) bond motifs is 1. The number of allylic oxidation sites excluding steroid dienone is 1. The van der Waals surface area contributed by atoms with Crippen molar-refractivity contribution < 1.29 is 4.79 Å². The zero-order chi connectivity index (χ0) is 16.3. The molecule has 21 heavy (non-hydrogen) atoms. The molecule has 3 heteroatoms. The van der Waals surface area contributed by atoms with Crippen LogP contribution in [0, 0.1) is 0 Å². The van der Waals surface area contributed by atoms with Crippen molar-refractivity contribution >= 4 is 23.5 Å². The van der Waals surface area contributed by atoms with Crippen LogP contribution < -0.4 is 5.49 Å². The van der Waals surface area contributed by atoms with E-state index in [4.69, 9.17) is 0 Å². The molecule has 0 N–H and O–H groups in total. The van der Waals surface area contributed by atoms with Crippen LogP contribution in [-0.2, 0) is 4.79 Å². The second kappa shape index (κ2) is 10.6. The molecule has 0 saturated heterocycles. The van der Waals surface area contributed by atoms with E-state index in [2.05, 4.69) is 4.99 Å². The first-order valence-electron chi connectivity index (χ1n) is 7.45. The summed E-state index contributed by atoms with van der Waals surface area (Å²) in [5.74, 6) is 0. The van der Waals surface area contributed by atoms with E-state index < -0.39 is 0 Å². The molecule has 1 heterocycles. The van der Waals surface area contributed by atoms with Crippen LogP contribution in [0.5, 0.6) is 0 Å². The van der Waals surface area contributed by atoms with Crippen molar-refractivity contribution in [2.45, 2.75) is 41.5 Å². The molecule has 2 aromatic rings. The van der Waals surface area contributed by atoms with Gasteiger partial charge in [0.1, 0.15) is 5.49 Å². The minimum atomic E-state index is 0.569. The summed E-state index contributed by atoms with van der Waals surface area (Å²) < 4.78 is 1.93. The number of carbonyl (C=O) groups excluding carboxylic acids is 1. The first-order valence-corrected chi connectivity index (χ1v) is 7.45. The predicted molar refractivity (Wildman–Crippen MR) is 91.9 cm³/mol. The lowest BCUT2D eigenvalue weighted by atomic mass is 10.2. The molecule has 0 aliphatic rings. The maximum atomic E-state index is 10.5. The molecule has 0 unspecified atom stereocenters. The van der Waals surface area contributed by atoms with Gasteiger partial charge in [-0.15, -0.1) is 0 Å². The molecule has 0 atom stereocenters. The van der Waals surface area contributed by atoms with Crippen LogP contribution in [0.3, 0.4) is 0 Å². The van der Waals surface area contributed by atoms with E-state index in [1.807, 2.05) is 88.7 Å². The highest BCUT2D eigenvalue weighted by molar-refractivity contribution is 5.80. The minimum Gasteiger partial charge on any atom is -0.301 e. The Morgan fingerprint density at radius 1 is 1.00 bits per heavy atom. The number of hydrogen-bond acceptors (Lipinski definition) is 1. The number of para-hydroxylation sites is 1. The molecule has 0 bridgehead atoms. The van der Waals surface area contributed by atoms with Crippen molar-refractivity contribution in [2.24, 2.45) is 4.99 Å². The van der Waals surface area contributed by atoms with Gasteiger partial charge in [-0.3, -0.25) is 4.79 Å². The summed E-state index contributed by atoms with van der Waals surface area (Å²) in [6.45, 7) is 12.0. The maximum Gasteiger partial charge on any atom is 0.234 e. The lowest BCUT2D eigenvalue weighted by molar-refractivity contribution is -0.107. The van der Waals surface area contributed by atoms with Crippen molar-refractivity contribution in [3.63, 3.8) is 0 Å². The Hall–Kier alpha value is -2.16. The van der Waals surface area contributed by atoms with Crippen LogP contribution in [0.25, 0.3) is 17.1 Å². The Kier molecular flexibility index (Phi) is 9.52. The molecule has 2 rings (SSSR count). The van der Waals surface area contributed by atoms with Gasteiger partial charge in [-0.05, 0) is 37.4 Å². The van der Waals surface area contributed by atoms with E-state index in [0.29, 0.717) is 11.9 Å². The van der Waals surface area contributed by atoms with Crippen LogP contribution >= 0.6 is 0 Å². The molecule has 114 valence electrons. The Bertz CT molecular complexity index is 648. The Labute approximate surface area is 127 Å². The minimum absolute atomic E-state index is 0.569. The van der Waals surface area contributed by atoms with Gasteiger partial charge in [0.2, 0.25) is 6.41 Å². The summed E-state index contributed by atoms with van der Waals surface area (Å²) in [7, 11) is 0. The fraction of sp³-hybridized carbons (Fsp3) is 0.333. The second-order valence-electron chi connectivity index (χ2n) is 4.06. The average Bonchev–Trinajstić information content (AvgIpc) is 2.53. The lowest BCUT2D eigenvalue weighted by Crippen LogP contribution is -2.16. The van der Waals surface area contributed by atoms with Gasteiger partial charge in [0.25, 0.3) is 0 Å². The standard InChI is InChI=1S/C14H14N2O.2C2H6/c1-11(2)9-16-13-6-4-3-5-12(13)7-8-14(16)15-10-17;2*1-2/h3-10H,1-2H3;2*1-2H3.